The minimum Gasteiger partial charge on any atom is -0.387 e. The topological polar surface area (TPSA) is 24.9 Å². The van der Waals surface area contributed by atoms with Gasteiger partial charge in [-0.2, -0.15) is 0 Å². The zero-order valence-electron chi connectivity index (χ0n) is 13.3. The maximum Gasteiger partial charge on any atom is 0.0860 e. The van der Waals surface area contributed by atoms with E-state index in [0.717, 1.165) is 28.1 Å². The Morgan fingerprint density at radius 3 is 2.50 bits per heavy atom. The van der Waals surface area contributed by atoms with Gasteiger partial charge in [-0.1, -0.05) is 50.8 Å². The van der Waals surface area contributed by atoms with Crippen LogP contribution in [0.2, 0.25) is 0 Å². The first-order valence-corrected chi connectivity index (χ1v) is 6.93. The molecule has 0 saturated carbocycles. The molecule has 1 aromatic heterocycles. The lowest BCUT2D eigenvalue weighted by Gasteiger charge is -2.08. The molecule has 1 heterocycles. The van der Waals surface area contributed by atoms with Crippen molar-refractivity contribution in [2.45, 2.75) is 27.7 Å². The van der Waals surface area contributed by atoms with Gasteiger partial charge in [-0.3, -0.25) is 4.98 Å². The molecule has 0 fully saturated rings. The maximum atomic E-state index is 4.30. The van der Waals surface area contributed by atoms with Gasteiger partial charge in [-0.25, -0.2) is 0 Å². The predicted molar refractivity (Wildman–Crippen MR) is 91.3 cm³/mol. The molecular formula is C18H26N2. The first-order chi connectivity index (χ1) is 9.62. The lowest BCUT2D eigenvalue weighted by molar-refractivity contribution is 1.10. The third-order valence-corrected chi connectivity index (χ3v) is 2.72. The Bertz CT molecular complexity index is 508. The van der Waals surface area contributed by atoms with Gasteiger partial charge >= 0.3 is 0 Å². The molecular weight excluding hydrogens is 244 g/mol. The molecule has 0 radical (unpaired) electrons. The number of nitrogens with one attached hydrogen (secondary N) is 1. The van der Waals surface area contributed by atoms with Crippen LogP contribution in [0.4, 0.5) is 0 Å². The SMILES string of the molecule is C=C/C(C)=C\C(=C/C)c1ccnc(C(=C)NC)c1.CC. The average molecular weight is 270 g/mol. The number of rotatable bonds is 5. The van der Waals surface area contributed by atoms with E-state index in [1.807, 2.05) is 53.0 Å². The second-order valence-corrected chi connectivity index (χ2v) is 3.99. The van der Waals surface area contributed by atoms with Crippen molar-refractivity contribution < 1.29 is 0 Å². The van der Waals surface area contributed by atoms with E-state index in [4.69, 9.17) is 0 Å². The minimum absolute atomic E-state index is 0.816. The van der Waals surface area contributed by atoms with Crippen LogP contribution in [0.1, 0.15) is 39.0 Å². The quantitative estimate of drug-likeness (QED) is 0.775. The zero-order valence-corrected chi connectivity index (χ0v) is 13.3. The minimum atomic E-state index is 0.816. The fourth-order valence-electron chi connectivity index (χ4n) is 1.54. The molecule has 1 aromatic rings. The summed E-state index contributed by atoms with van der Waals surface area (Å²) >= 11 is 0. The highest BCUT2D eigenvalue weighted by molar-refractivity contribution is 5.76. The van der Waals surface area contributed by atoms with Crippen molar-refractivity contribution in [1.82, 2.24) is 10.3 Å². The molecule has 1 rings (SSSR count). The molecule has 0 spiro atoms. The molecule has 0 unspecified atom stereocenters. The summed E-state index contributed by atoms with van der Waals surface area (Å²) in [5, 5.41) is 3.01. The van der Waals surface area contributed by atoms with Crippen LogP contribution < -0.4 is 5.32 Å². The fraction of sp³-hybridized carbons (Fsp3) is 0.278. The van der Waals surface area contributed by atoms with Crippen LogP contribution in [0.3, 0.4) is 0 Å². The van der Waals surface area contributed by atoms with E-state index in [1.165, 1.54) is 0 Å². The van der Waals surface area contributed by atoms with Crippen molar-refractivity contribution in [3.63, 3.8) is 0 Å². The Balaban J connectivity index is 0.00000172. The Morgan fingerprint density at radius 2 is 2.00 bits per heavy atom. The van der Waals surface area contributed by atoms with Gasteiger partial charge in [-0.05, 0) is 37.1 Å². The normalized spacial score (nSPS) is 11.2. The van der Waals surface area contributed by atoms with Crippen molar-refractivity contribution in [3.8, 4) is 0 Å². The predicted octanol–water partition coefficient (Wildman–Crippen LogP) is 4.83. The molecule has 20 heavy (non-hydrogen) atoms. The largest absolute Gasteiger partial charge is 0.387 e. The standard InChI is InChI=1S/C16H20N2.C2H6/c1-6-12(3)10-14(7-2)15-8-9-18-16(11-15)13(4)17-5;1-2/h6-11,17H,1,4H2,2-3,5H3;1-2H3/b12-10-,14-7+;. The second-order valence-electron chi connectivity index (χ2n) is 3.99. The summed E-state index contributed by atoms with van der Waals surface area (Å²) in [7, 11) is 1.84. The highest BCUT2D eigenvalue weighted by atomic mass is 14.9. The van der Waals surface area contributed by atoms with Crippen molar-refractivity contribution in [3.05, 3.63) is 66.5 Å². The van der Waals surface area contributed by atoms with Crippen LogP contribution in [-0.2, 0) is 0 Å². The molecule has 1 N–H and O–H groups in total. The van der Waals surface area contributed by atoms with E-state index in [2.05, 4.69) is 35.6 Å². The number of hydrogen-bond acceptors (Lipinski definition) is 2. The Morgan fingerprint density at radius 1 is 1.35 bits per heavy atom. The molecule has 2 heteroatoms. The fourth-order valence-corrected chi connectivity index (χ4v) is 1.54. The molecule has 108 valence electrons. The Hall–Kier alpha value is -2.09. The van der Waals surface area contributed by atoms with Crippen LogP contribution >= 0.6 is 0 Å². The molecule has 2 nitrogen and oxygen atoms in total. The van der Waals surface area contributed by atoms with Gasteiger partial charge in [0.2, 0.25) is 0 Å². The Kier molecular flexibility index (Phi) is 8.77. The van der Waals surface area contributed by atoms with Crippen molar-refractivity contribution in [2.75, 3.05) is 7.05 Å². The summed E-state index contributed by atoms with van der Waals surface area (Å²) in [5.74, 6) is 0. The molecule has 0 atom stereocenters. The van der Waals surface area contributed by atoms with E-state index in [1.54, 1.807) is 6.20 Å². The van der Waals surface area contributed by atoms with Crippen molar-refractivity contribution in [1.29, 1.82) is 0 Å². The van der Waals surface area contributed by atoms with Crippen LogP contribution in [0.25, 0.3) is 11.3 Å². The van der Waals surface area contributed by atoms with E-state index in [0.29, 0.717) is 0 Å². The van der Waals surface area contributed by atoms with Crippen molar-refractivity contribution in [2.24, 2.45) is 0 Å². The first-order valence-electron chi connectivity index (χ1n) is 6.93. The lowest BCUT2D eigenvalue weighted by atomic mass is 10.0. The number of nitrogens with zero attached hydrogens (tertiary/aromatic N) is 1. The van der Waals surface area contributed by atoms with Gasteiger partial charge < -0.3 is 5.32 Å². The molecule has 0 aliphatic carbocycles. The Labute approximate surface area is 123 Å². The summed E-state index contributed by atoms with van der Waals surface area (Å²) in [6.07, 6.45) is 7.83. The molecule has 0 aromatic carbocycles. The molecule has 0 saturated heterocycles. The molecule has 0 amide bonds. The van der Waals surface area contributed by atoms with Gasteiger partial charge in [0, 0.05) is 13.2 Å². The number of hydrogen-bond donors (Lipinski definition) is 1. The van der Waals surface area contributed by atoms with Crippen LogP contribution in [0, 0.1) is 0 Å². The van der Waals surface area contributed by atoms with Gasteiger partial charge in [0.1, 0.15) is 0 Å². The van der Waals surface area contributed by atoms with Crippen molar-refractivity contribution >= 4 is 11.3 Å². The monoisotopic (exact) mass is 270 g/mol. The van der Waals surface area contributed by atoms with Crippen LogP contribution in [-0.4, -0.2) is 12.0 Å². The highest BCUT2D eigenvalue weighted by Crippen LogP contribution is 2.19. The van der Waals surface area contributed by atoms with Gasteiger partial charge in [0.05, 0.1) is 11.4 Å². The second kappa shape index (κ2) is 9.79. The number of pyridine rings is 1. The van der Waals surface area contributed by atoms with Gasteiger partial charge in [0.25, 0.3) is 0 Å². The summed E-state index contributed by atoms with van der Waals surface area (Å²) < 4.78 is 0. The highest BCUT2D eigenvalue weighted by Gasteiger charge is 2.02. The first kappa shape index (κ1) is 17.9. The van der Waals surface area contributed by atoms with Crippen LogP contribution in [0.15, 0.2) is 55.3 Å². The molecule has 0 aliphatic heterocycles. The van der Waals surface area contributed by atoms with E-state index < -0.39 is 0 Å². The molecule has 0 aliphatic rings. The van der Waals surface area contributed by atoms with E-state index in [-0.39, 0.29) is 0 Å². The third-order valence-electron chi connectivity index (χ3n) is 2.72. The summed E-state index contributed by atoms with van der Waals surface area (Å²) in [5.41, 5.74) is 5.09. The number of allylic oxidation sites excluding steroid dienone is 5. The summed E-state index contributed by atoms with van der Waals surface area (Å²) in [6, 6.07) is 4.02. The summed E-state index contributed by atoms with van der Waals surface area (Å²) in [4.78, 5) is 4.30. The molecule has 0 bridgehead atoms. The number of aromatic nitrogens is 1. The van der Waals surface area contributed by atoms with Gasteiger partial charge in [0.15, 0.2) is 0 Å². The average Bonchev–Trinajstić information content (AvgIpc) is 2.53. The van der Waals surface area contributed by atoms with E-state index in [9.17, 15) is 0 Å². The van der Waals surface area contributed by atoms with Gasteiger partial charge in [-0.15, -0.1) is 0 Å². The third kappa shape index (κ3) is 5.27. The van der Waals surface area contributed by atoms with Crippen LogP contribution in [0.5, 0.6) is 0 Å². The van der Waals surface area contributed by atoms with E-state index >= 15 is 0 Å². The lowest BCUT2D eigenvalue weighted by Crippen LogP contribution is -2.04. The smallest absolute Gasteiger partial charge is 0.0860 e. The summed E-state index contributed by atoms with van der Waals surface area (Å²) in [6.45, 7) is 15.7. The maximum absolute atomic E-state index is 4.30. The zero-order chi connectivity index (χ0) is 15.5.